The van der Waals surface area contributed by atoms with Crippen molar-refractivity contribution >= 4 is 57.3 Å². The molecule has 0 bridgehead atoms. The van der Waals surface area contributed by atoms with Crippen molar-refractivity contribution in [3.63, 3.8) is 0 Å². The van der Waals surface area contributed by atoms with Crippen molar-refractivity contribution in [2.75, 3.05) is 13.7 Å². The molecule has 0 saturated carbocycles. The molecule has 5 nitrogen and oxygen atoms in total. The fourth-order valence-electron chi connectivity index (χ4n) is 2.71. The summed E-state index contributed by atoms with van der Waals surface area (Å²) < 4.78 is 15.6. The number of carbonyl (C=O) groups excluding carboxylic acids is 2. The van der Waals surface area contributed by atoms with Gasteiger partial charge in [0.15, 0.2) is 0 Å². The molecular weight excluding hydrogens is 491 g/mol. The van der Waals surface area contributed by atoms with Gasteiger partial charge in [-0.15, -0.1) is 33.2 Å². The van der Waals surface area contributed by atoms with Crippen LogP contribution in [0.2, 0.25) is 6.04 Å². The van der Waals surface area contributed by atoms with E-state index in [9.17, 15) is 9.59 Å². The highest BCUT2D eigenvalue weighted by Crippen LogP contribution is 2.27. The molecule has 0 amide bonds. The zero-order valence-corrected chi connectivity index (χ0v) is 21.0. The zero-order chi connectivity index (χ0) is 23.4. The third-order valence-electron chi connectivity index (χ3n) is 4.43. The highest BCUT2D eigenvalue weighted by atomic mass is 35.8. The Morgan fingerprint density at radius 2 is 1.50 bits per heavy atom. The van der Waals surface area contributed by atoms with Gasteiger partial charge in [-0.1, -0.05) is 31.4 Å². The van der Waals surface area contributed by atoms with Gasteiger partial charge >= 0.3 is 17.9 Å². The molecule has 0 radical (unpaired) electrons. The molecule has 0 aliphatic heterocycles. The molecule has 0 spiro atoms. The van der Waals surface area contributed by atoms with Crippen molar-refractivity contribution in [1.82, 2.24) is 0 Å². The van der Waals surface area contributed by atoms with Crippen LogP contribution >= 0.6 is 33.2 Å². The van der Waals surface area contributed by atoms with Gasteiger partial charge in [0.2, 0.25) is 0 Å². The van der Waals surface area contributed by atoms with Crippen LogP contribution in [0.25, 0.3) is 6.08 Å². The maximum Gasteiger partial charge on any atom is 0.343 e. The highest BCUT2D eigenvalue weighted by Gasteiger charge is 2.23. The van der Waals surface area contributed by atoms with E-state index in [-0.39, 0.29) is 0 Å². The number of hydrogen-bond acceptors (Lipinski definition) is 5. The summed E-state index contributed by atoms with van der Waals surface area (Å²) in [7, 11) is 1.56. The van der Waals surface area contributed by atoms with Crippen LogP contribution < -0.4 is 9.47 Å². The second kappa shape index (κ2) is 13.5. The number of halogens is 3. The number of ether oxygens (including phenoxy) is 3. The summed E-state index contributed by atoms with van der Waals surface area (Å²) in [4.78, 5) is 24.0. The van der Waals surface area contributed by atoms with Crippen LogP contribution in [-0.4, -0.2) is 31.7 Å². The number of methoxy groups -OCH3 is 1. The van der Waals surface area contributed by atoms with Gasteiger partial charge in [-0.3, -0.25) is 0 Å². The Morgan fingerprint density at radius 3 is 2.12 bits per heavy atom. The Labute approximate surface area is 203 Å². The quantitative estimate of drug-likeness (QED) is 0.0787. The first kappa shape index (κ1) is 26.3. The number of benzene rings is 2. The van der Waals surface area contributed by atoms with Crippen LogP contribution in [0.3, 0.4) is 0 Å². The molecule has 172 valence electrons. The van der Waals surface area contributed by atoms with E-state index in [1.54, 1.807) is 61.7 Å². The summed E-state index contributed by atoms with van der Waals surface area (Å²) in [5.41, 5.74) is 1.20. The van der Waals surface area contributed by atoms with Crippen LogP contribution in [0.4, 0.5) is 0 Å². The third-order valence-corrected chi connectivity index (χ3v) is 7.05. The van der Waals surface area contributed by atoms with E-state index in [1.165, 1.54) is 6.08 Å². The lowest BCUT2D eigenvalue weighted by atomic mass is 10.2. The summed E-state index contributed by atoms with van der Waals surface area (Å²) in [6.45, 7) is 0.356. The minimum Gasteiger partial charge on any atom is -0.497 e. The fraction of sp³-hybridized carbons (Fsp3) is 0.304. The lowest BCUT2D eigenvalue weighted by Gasteiger charge is -2.07. The molecule has 32 heavy (non-hydrogen) atoms. The van der Waals surface area contributed by atoms with Crippen LogP contribution in [0.15, 0.2) is 54.6 Å². The molecule has 0 saturated heterocycles. The Hall–Kier alpha value is -1.99. The molecule has 0 aliphatic rings. The average Bonchev–Trinajstić information content (AvgIpc) is 2.77. The van der Waals surface area contributed by atoms with Gasteiger partial charge in [0.25, 0.3) is 0 Å². The lowest BCUT2D eigenvalue weighted by molar-refractivity contribution is -0.137. The Morgan fingerprint density at radius 1 is 0.875 bits per heavy atom. The third kappa shape index (κ3) is 10.5. The second-order valence-electron chi connectivity index (χ2n) is 6.97. The van der Waals surface area contributed by atoms with E-state index in [4.69, 9.17) is 47.4 Å². The normalized spacial score (nSPS) is 11.4. The van der Waals surface area contributed by atoms with Crippen LogP contribution in [0.5, 0.6) is 11.5 Å². The first-order valence-electron chi connectivity index (χ1n) is 10.1. The number of unbranched alkanes of at least 4 members (excludes halogenated alkanes) is 3. The number of esters is 2. The second-order valence-corrected chi connectivity index (χ2v) is 16.2. The summed E-state index contributed by atoms with van der Waals surface area (Å²) in [5.74, 6) is 0.195. The van der Waals surface area contributed by atoms with Crippen LogP contribution in [-0.2, 0) is 9.53 Å². The maximum atomic E-state index is 12.2. The summed E-state index contributed by atoms with van der Waals surface area (Å²) in [6.07, 6.45) is 6.53. The van der Waals surface area contributed by atoms with E-state index >= 15 is 0 Å². The molecule has 2 aromatic rings. The number of hydrogen-bond donors (Lipinski definition) is 0. The topological polar surface area (TPSA) is 61.8 Å². The van der Waals surface area contributed by atoms with Gasteiger partial charge in [-0.05, 0) is 60.5 Å². The van der Waals surface area contributed by atoms with Crippen molar-refractivity contribution < 1.29 is 23.8 Å². The Balaban J connectivity index is 1.69. The number of carbonyl (C=O) groups is 2. The van der Waals surface area contributed by atoms with Gasteiger partial charge in [0, 0.05) is 6.08 Å². The number of rotatable bonds is 12. The average molecular weight is 516 g/mol. The fourth-order valence-corrected chi connectivity index (χ4v) is 4.56. The van der Waals surface area contributed by atoms with Crippen molar-refractivity contribution in [2.24, 2.45) is 0 Å². The molecule has 0 atom stereocenters. The smallest absolute Gasteiger partial charge is 0.343 e. The van der Waals surface area contributed by atoms with Crippen LogP contribution in [0.1, 0.15) is 41.6 Å². The molecular formula is C23H25Cl3O5Si. The Kier molecular flexibility index (Phi) is 11.1. The Bertz CT molecular complexity index is 893. The van der Waals surface area contributed by atoms with E-state index < -0.39 is 17.9 Å². The van der Waals surface area contributed by atoms with Crippen molar-refractivity contribution in [3.8, 4) is 11.5 Å². The molecule has 0 aromatic heterocycles. The highest BCUT2D eigenvalue weighted by molar-refractivity contribution is 7.64. The van der Waals surface area contributed by atoms with Gasteiger partial charge in [-0.25, -0.2) is 9.59 Å². The molecule has 0 unspecified atom stereocenters. The summed E-state index contributed by atoms with van der Waals surface area (Å²) in [6, 6.07) is 11.6. The van der Waals surface area contributed by atoms with E-state index in [2.05, 4.69) is 0 Å². The maximum absolute atomic E-state index is 12.2. The molecule has 2 rings (SSSR count). The zero-order valence-electron chi connectivity index (χ0n) is 17.7. The summed E-state index contributed by atoms with van der Waals surface area (Å²) in [5, 5.41) is 0. The molecule has 2 aromatic carbocycles. The SMILES string of the molecule is COc1ccc(C(=O)Oc2ccc(/C=C/C(=O)OCCCCCC[Si](Cl)(Cl)Cl)cc2)cc1. The minimum absolute atomic E-state index is 0.356. The largest absolute Gasteiger partial charge is 0.497 e. The van der Waals surface area contributed by atoms with E-state index in [1.807, 2.05) is 0 Å². The molecule has 0 heterocycles. The van der Waals surface area contributed by atoms with Crippen molar-refractivity contribution in [2.45, 2.75) is 31.7 Å². The van der Waals surface area contributed by atoms with E-state index in [0.29, 0.717) is 29.7 Å². The summed E-state index contributed by atoms with van der Waals surface area (Å²) >= 11 is 17.5. The molecule has 0 N–H and O–H groups in total. The predicted molar refractivity (Wildman–Crippen MR) is 131 cm³/mol. The van der Waals surface area contributed by atoms with Crippen molar-refractivity contribution in [3.05, 3.63) is 65.7 Å². The standard InChI is InChI=1S/C23H25Cl3O5Si/c1-29-20-13-9-19(10-14-20)23(28)31-21-11-6-18(7-12-21)8-15-22(27)30-16-4-2-3-5-17-32(24,25)26/h6-15H,2-5,16-17H2,1H3/b15-8+. The van der Waals surface area contributed by atoms with Gasteiger partial charge in [-0.2, -0.15) is 0 Å². The van der Waals surface area contributed by atoms with Crippen LogP contribution in [0, 0.1) is 0 Å². The van der Waals surface area contributed by atoms with E-state index in [0.717, 1.165) is 31.2 Å². The molecule has 9 heteroatoms. The molecule has 0 aliphatic carbocycles. The minimum atomic E-state index is -2.52. The predicted octanol–water partition coefficient (Wildman–Crippen LogP) is 6.69. The lowest BCUT2D eigenvalue weighted by Crippen LogP contribution is -2.08. The monoisotopic (exact) mass is 514 g/mol. The van der Waals surface area contributed by atoms with Crippen molar-refractivity contribution in [1.29, 1.82) is 0 Å². The molecule has 0 fully saturated rings. The van der Waals surface area contributed by atoms with Gasteiger partial charge < -0.3 is 14.2 Å². The first-order chi connectivity index (χ1) is 15.3. The van der Waals surface area contributed by atoms with Gasteiger partial charge in [0.1, 0.15) is 11.5 Å². The van der Waals surface area contributed by atoms with Gasteiger partial charge in [0.05, 0.1) is 19.3 Å². The first-order valence-corrected chi connectivity index (χ1v) is 15.4.